The number of halogens is 1. The summed E-state index contributed by atoms with van der Waals surface area (Å²) in [5.74, 6) is -0.549. The third-order valence-electron chi connectivity index (χ3n) is 3.56. The van der Waals surface area contributed by atoms with E-state index in [-0.39, 0.29) is 18.3 Å². The highest BCUT2D eigenvalue weighted by Crippen LogP contribution is 2.22. The fourth-order valence-corrected chi connectivity index (χ4v) is 2.95. The van der Waals surface area contributed by atoms with Crippen LogP contribution in [0.5, 0.6) is 0 Å². The van der Waals surface area contributed by atoms with E-state index in [9.17, 15) is 9.18 Å². The van der Waals surface area contributed by atoms with Crippen LogP contribution in [0, 0.1) is 12.7 Å². The third-order valence-corrected chi connectivity index (χ3v) is 4.24. The fourth-order valence-electron chi connectivity index (χ4n) is 2.38. The molecule has 3 aromatic rings. The van der Waals surface area contributed by atoms with E-state index in [2.05, 4.69) is 10.3 Å². The Kier molecular flexibility index (Phi) is 4.34. The van der Waals surface area contributed by atoms with Gasteiger partial charge in [-0.25, -0.2) is 9.37 Å². The summed E-state index contributed by atoms with van der Waals surface area (Å²) < 4.78 is 15.4. The van der Waals surface area contributed by atoms with Gasteiger partial charge in [-0.2, -0.15) is 0 Å². The molecule has 1 N–H and O–H groups in total. The molecule has 0 aliphatic heterocycles. The predicted octanol–water partition coefficient (Wildman–Crippen LogP) is 3.84. The maximum absolute atomic E-state index is 13.6. The topological polar surface area (TPSA) is 46.9 Å². The van der Waals surface area contributed by atoms with Crippen LogP contribution in [0.2, 0.25) is 0 Å². The number of hydrogen-bond acceptors (Lipinski definition) is 3. The Morgan fingerprint density at radius 2 is 2.09 bits per heavy atom. The molecule has 6 heteroatoms. The van der Waals surface area contributed by atoms with Gasteiger partial charge in [-0.15, -0.1) is 0 Å². The Balaban J connectivity index is 1.83. The van der Waals surface area contributed by atoms with Gasteiger partial charge in [0, 0.05) is 5.69 Å². The molecule has 1 aromatic heterocycles. The number of benzene rings is 2. The summed E-state index contributed by atoms with van der Waals surface area (Å²) >= 11 is 1.49. The number of thioether (sulfide) groups is 1. The number of aryl methyl sites for hydroxylation is 1. The van der Waals surface area contributed by atoms with Gasteiger partial charge in [0.05, 0.1) is 11.0 Å². The van der Waals surface area contributed by atoms with Crippen LogP contribution >= 0.6 is 11.8 Å². The second kappa shape index (κ2) is 6.42. The van der Waals surface area contributed by atoms with Gasteiger partial charge in [-0.05, 0) is 43.0 Å². The maximum Gasteiger partial charge on any atom is 0.244 e. The second-order valence-electron chi connectivity index (χ2n) is 5.19. The Morgan fingerprint density at radius 3 is 2.83 bits per heavy atom. The van der Waals surface area contributed by atoms with Gasteiger partial charge in [0.15, 0.2) is 5.16 Å². The van der Waals surface area contributed by atoms with Gasteiger partial charge in [0.1, 0.15) is 12.4 Å². The van der Waals surface area contributed by atoms with Gasteiger partial charge < -0.3 is 9.88 Å². The van der Waals surface area contributed by atoms with Crippen molar-refractivity contribution in [3.8, 4) is 0 Å². The second-order valence-corrected chi connectivity index (χ2v) is 5.96. The van der Waals surface area contributed by atoms with Gasteiger partial charge in [0.25, 0.3) is 0 Å². The zero-order valence-corrected chi connectivity index (χ0v) is 13.7. The Bertz CT molecular complexity index is 875. The van der Waals surface area contributed by atoms with Crippen molar-refractivity contribution in [2.45, 2.75) is 18.6 Å². The number of nitrogens with zero attached hydrogens (tertiary/aromatic N) is 2. The highest BCUT2D eigenvalue weighted by molar-refractivity contribution is 7.98. The molecule has 0 spiro atoms. The predicted molar refractivity (Wildman–Crippen MR) is 91.3 cm³/mol. The molecule has 3 rings (SSSR count). The van der Waals surface area contributed by atoms with E-state index in [1.807, 2.05) is 35.1 Å². The number of aromatic nitrogens is 2. The van der Waals surface area contributed by atoms with Gasteiger partial charge in [-0.1, -0.05) is 30.0 Å². The SMILES string of the molecule is CSc1nc2ccccc2n1CC(=O)Nc1ccc(C)c(F)c1. The van der Waals surface area contributed by atoms with Crippen LogP contribution in [0.3, 0.4) is 0 Å². The Hall–Kier alpha value is -2.34. The van der Waals surface area contributed by atoms with E-state index >= 15 is 0 Å². The van der Waals surface area contributed by atoms with Gasteiger partial charge >= 0.3 is 0 Å². The highest BCUT2D eigenvalue weighted by Gasteiger charge is 2.13. The van der Waals surface area contributed by atoms with Crippen LogP contribution in [0.25, 0.3) is 11.0 Å². The van der Waals surface area contributed by atoms with Crippen molar-refractivity contribution in [2.24, 2.45) is 0 Å². The summed E-state index contributed by atoms with van der Waals surface area (Å²) in [6.07, 6.45) is 1.92. The zero-order chi connectivity index (χ0) is 16.4. The lowest BCUT2D eigenvalue weighted by molar-refractivity contribution is -0.116. The first-order valence-corrected chi connectivity index (χ1v) is 8.36. The third kappa shape index (κ3) is 3.22. The van der Waals surface area contributed by atoms with E-state index in [0.29, 0.717) is 11.3 Å². The van der Waals surface area contributed by atoms with Crippen molar-refractivity contribution in [1.29, 1.82) is 0 Å². The van der Waals surface area contributed by atoms with Crippen molar-refractivity contribution >= 4 is 34.4 Å². The van der Waals surface area contributed by atoms with Crippen LogP contribution in [0.15, 0.2) is 47.6 Å². The molecule has 1 amide bonds. The minimum absolute atomic E-state index is 0.131. The molecular weight excluding hydrogens is 313 g/mol. The van der Waals surface area contributed by atoms with E-state index in [4.69, 9.17) is 0 Å². The number of nitrogens with one attached hydrogen (secondary N) is 1. The van der Waals surface area contributed by atoms with Crippen molar-refractivity contribution in [3.05, 3.63) is 53.8 Å². The summed E-state index contributed by atoms with van der Waals surface area (Å²) in [5.41, 5.74) is 2.76. The first-order chi connectivity index (χ1) is 11.1. The quantitative estimate of drug-likeness (QED) is 0.740. The molecule has 23 heavy (non-hydrogen) atoms. The first-order valence-electron chi connectivity index (χ1n) is 7.14. The number of carbonyl (C=O) groups excluding carboxylic acids is 1. The lowest BCUT2D eigenvalue weighted by Gasteiger charge is -2.09. The maximum atomic E-state index is 13.6. The summed E-state index contributed by atoms with van der Waals surface area (Å²) in [6, 6.07) is 12.3. The van der Waals surface area contributed by atoms with Crippen LogP contribution in [0.4, 0.5) is 10.1 Å². The standard InChI is InChI=1S/C17H16FN3OS/c1-11-7-8-12(9-13(11)18)19-16(22)10-21-15-6-4-3-5-14(15)20-17(21)23-2/h3-9H,10H2,1-2H3,(H,19,22). The molecule has 0 unspecified atom stereocenters. The smallest absolute Gasteiger partial charge is 0.244 e. The minimum Gasteiger partial charge on any atom is -0.324 e. The van der Waals surface area contributed by atoms with Crippen LogP contribution in [-0.2, 0) is 11.3 Å². The van der Waals surface area contributed by atoms with E-state index < -0.39 is 0 Å². The molecule has 0 fully saturated rings. The normalized spacial score (nSPS) is 10.9. The summed E-state index contributed by atoms with van der Waals surface area (Å²) in [5, 5.41) is 3.50. The Morgan fingerprint density at radius 1 is 1.30 bits per heavy atom. The summed E-state index contributed by atoms with van der Waals surface area (Å²) in [7, 11) is 0. The van der Waals surface area contributed by atoms with Crippen molar-refractivity contribution < 1.29 is 9.18 Å². The van der Waals surface area contributed by atoms with Crippen molar-refractivity contribution in [2.75, 3.05) is 11.6 Å². The molecule has 0 bridgehead atoms. The summed E-state index contributed by atoms with van der Waals surface area (Å²) in [4.78, 5) is 16.8. The molecule has 0 saturated carbocycles. The molecule has 0 aliphatic carbocycles. The van der Waals surface area contributed by atoms with E-state index in [0.717, 1.165) is 16.2 Å². The Labute approximate surface area is 137 Å². The minimum atomic E-state index is -0.333. The molecule has 2 aromatic carbocycles. The van der Waals surface area contributed by atoms with Gasteiger partial charge in [0.2, 0.25) is 5.91 Å². The number of amides is 1. The number of anilines is 1. The molecule has 0 atom stereocenters. The molecule has 0 radical (unpaired) electrons. The number of carbonyl (C=O) groups is 1. The number of para-hydroxylation sites is 2. The molecule has 118 valence electrons. The number of rotatable bonds is 4. The first kappa shape index (κ1) is 15.6. The molecule has 0 aliphatic rings. The largest absolute Gasteiger partial charge is 0.324 e. The van der Waals surface area contributed by atoms with Crippen molar-refractivity contribution in [1.82, 2.24) is 9.55 Å². The molecular formula is C17H16FN3OS. The van der Waals surface area contributed by atoms with Crippen LogP contribution in [0.1, 0.15) is 5.56 Å². The number of imidazole rings is 1. The average molecular weight is 329 g/mol. The van der Waals surface area contributed by atoms with Crippen molar-refractivity contribution in [3.63, 3.8) is 0 Å². The highest BCUT2D eigenvalue weighted by atomic mass is 32.2. The van der Waals surface area contributed by atoms with Crippen LogP contribution in [-0.4, -0.2) is 21.7 Å². The van der Waals surface area contributed by atoms with E-state index in [1.54, 1.807) is 19.1 Å². The van der Waals surface area contributed by atoms with Gasteiger partial charge in [-0.3, -0.25) is 4.79 Å². The average Bonchev–Trinajstić information content (AvgIpc) is 2.89. The lowest BCUT2D eigenvalue weighted by Crippen LogP contribution is -2.19. The molecule has 1 heterocycles. The van der Waals surface area contributed by atoms with Crippen LogP contribution < -0.4 is 5.32 Å². The molecule has 0 saturated heterocycles. The summed E-state index contributed by atoms with van der Waals surface area (Å²) in [6.45, 7) is 1.81. The fraction of sp³-hybridized carbons (Fsp3) is 0.176. The monoisotopic (exact) mass is 329 g/mol. The molecule has 4 nitrogen and oxygen atoms in total. The zero-order valence-electron chi connectivity index (χ0n) is 12.8. The number of hydrogen-bond donors (Lipinski definition) is 1. The lowest BCUT2D eigenvalue weighted by atomic mass is 10.2. The number of fused-ring (bicyclic) bond motifs is 1. The van der Waals surface area contributed by atoms with E-state index in [1.165, 1.54) is 17.8 Å².